The number of amides is 1. The van der Waals surface area contributed by atoms with Gasteiger partial charge in [0, 0.05) is 21.4 Å². The number of methoxy groups -OCH3 is 1. The summed E-state index contributed by atoms with van der Waals surface area (Å²) >= 11 is 3.36. The largest absolute Gasteiger partial charge is 0.507 e. The summed E-state index contributed by atoms with van der Waals surface area (Å²) in [4.78, 5) is 27.2. The van der Waals surface area contributed by atoms with Crippen LogP contribution in [0.1, 0.15) is 37.8 Å². The zero-order chi connectivity index (χ0) is 21.3. The number of allylic oxidation sites excluding steroid dienone is 1. The smallest absolute Gasteiger partial charge is 0.340 e. The van der Waals surface area contributed by atoms with Gasteiger partial charge in [-0.1, -0.05) is 41.9 Å². The number of esters is 1. The Balaban J connectivity index is 2.13. The summed E-state index contributed by atoms with van der Waals surface area (Å²) in [5, 5.41) is 10.2. The van der Waals surface area contributed by atoms with Gasteiger partial charge in [0.15, 0.2) is 0 Å². The second-order valence-corrected chi connectivity index (χ2v) is 8.02. The highest BCUT2D eigenvalue weighted by molar-refractivity contribution is 9.10. The molecule has 2 aromatic rings. The molecule has 0 spiro atoms. The van der Waals surface area contributed by atoms with Crippen LogP contribution in [0.25, 0.3) is 6.08 Å². The summed E-state index contributed by atoms with van der Waals surface area (Å²) in [6.07, 6.45) is 1.51. The number of ether oxygens (including phenoxy) is 1. The minimum Gasteiger partial charge on any atom is -0.507 e. The van der Waals surface area contributed by atoms with Gasteiger partial charge in [-0.3, -0.25) is 9.69 Å². The Hall–Kier alpha value is -2.86. The van der Waals surface area contributed by atoms with Crippen molar-refractivity contribution in [3.05, 3.63) is 74.9 Å². The molecule has 1 heterocycles. The molecule has 1 aliphatic heterocycles. The van der Waals surface area contributed by atoms with Gasteiger partial charge in [0.1, 0.15) is 5.75 Å². The van der Waals surface area contributed by atoms with Gasteiger partial charge in [-0.2, -0.15) is 0 Å². The van der Waals surface area contributed by atoms with Gasteiger partial charge in [-0.15, -0.1) is 0 Å². The second kappa shape index (κ2) is 8.25. The molecule has 0 saturated carbocycles. The molecule has 3 rings (SSSR count). The maximum absolute atomic E-state index is 13.3. The topological polar surface area (TPSA) is 66.8 Å². The molecule has 0 saturated heterocycles. The molecule has 0 bridgehead atoms. The molecule has 0 unspecified atom stereocenters. The summed E-state index contributed by atoms with van der Waals surface area (Å²) in [7, 11) is 1.28. The Morgan fingerprint density at radius 3 is 2.41 bits per heavy atom. The summed E-state index contributed by atoms with van der Waals surface area (Å²) in [6, 6.07) is 12.6. The van der Waals surface area contributed by atoms with E-state index >= 15 is 0 Å². The van der Waals surface area contributed by atoms with Crippen LogP contribution < -0.4 is 4.90 Å². The van der Waals surface area contributed by atoms with Crippen molar-refractivity contribution < 1.29 is 19.4 Å². The second-order valence-electron chi connectivity index (χ2n) is 7.10. The average Bonchev–Trinajstić information content (AvgIpc) is 2.94. The number of benzene rings is 2. The van der Waals surface area contributed by atoms with Crippen molar-refractivity contribution in [3.8, 4) is 5.75 Å². The van der Waals surface area contributed by atoms with E-state index in [4.69, 9.17) is 4.74 Å². The summed E-state index contributed by atoms with van der Waals surface area (Å²) in [6.45, 7) is 5.91. The Morgan fingerprint density at radius 1 is 1.17 bits per heavy atom. The molecule has 2 aromatic carbocycles. The van der Waals surface area contributed by atoms with E-state index in [-0.39, 0.29) is 22.8 Å². The Bertz CT molecular complexity index is 1040. The van der Waals surface area contributed by atoms with E-state index in [2.05, 4.69) is 29.8 Å². The first-order valence-electron chi connectivity index (χ1n) is 9.18. The van der Waals surface area contributed by atoms with E-state index in [9.17, 15) is 14.7 Å². The first-order valence-corrected chi connectivity index (χ1v) is 9.98. The number of halogens is 1. The molecule has 6 heteroatoms. The van der Waals surface area contributed by atoms with E-state index < -0.39 is 5.97 Å². The fourth-order valence-electron chi connectivity index (χ4n) is 3.30. The standard InChI is InChI=1S/C23H22BrNO4/c1-13(2)15-5-8-18(9-6-15)25-14(3)21(23(28)29-4)19(22(25)27)12-16-11-17(24)7-10-20(16)26/h5-13,26H,1-4H3/b19-12-. The highest BCUT2D eigenvalue weighted by Gasteiger charge is 2.38. The molecule has 0 fully saturated rings. The lowest BCUT2D eigenvalue weighted by Gasteiger charge is -2.19. The third-order valence-electron chi connectivity index (χ3n) is 4.90. The van der Waals surface area contributed by atoms with Crippen molar-refractivity contribution in [2.45, 2.75) is 26.7 Å². The Labute approximate surface area is 178 Å². The predicted octanol–water partition coefficient (Wildman–Crippen LogP) is 5.16. The van der Waals surface area contributed by atoms with Crippen LogP contribution in [0.2, 0.25) is 0 Å². The maximum Gasteiger partial charge on any atom is 0.340 e. The van der Waals surface area contributed by atoms with Crippen molar-refractivity contribution in [2.24, 2.45) is 0 Å². The van der Waals surface area contributed by atoms with E-state index in [1.54, 1.807) is 19.1 Å². The molecule has 0 atom stereocenters. The fourth-order valence-corrected chi connectivity index (χ4v) is 3.67. The number of nitrogens with zero attached hydrogens (tertiary/aromatic N) is 1. The molecule has 150 valence electrons. The zero-order valence-electron chi connectivity index (χ0n) is 16.7. The number of rotatable bonds is 4. The Morgan fingerprint density at radius 2 is 1.83 bits per heavy atom. The monoisotopic (exact) mass is 455 g/mol. The van der Waals surface area contributed by atoms with Gasteiger partial charge >= 0.3 is 5.97 Å². The van der Waals surface area contributed by atoms with Gasteiger partial charge < -0.3 is 9.84 Å². The highest BCUT2D eigenvalue weighted by Crippen LogP contribution is 2.37. The fraction of sp³-hybridized carbons (Fsp3) is 0.217. The van der Waals surface area contributed by atoms with Gasteiger partial charge in [-0.05, 0) is 54.8 Å². The minimum absolute atomic E-state index is 0.00936. The van der Waals surface area contributed by atoms with Crippen molar-refractivity contribution >= 4 is 39.6 Å². The lowest BCUT2D eigenvalue weighted by Crippen LogP contribution is -2.24. The van der Waals surface area contributed by atoms with Crippen molar-refractivity contribution in [1.29, 1.82) is 0 Å². The van der Waals surface area contributed by atoms with Crippen LogP contribution in [0.3, 0.4) is 0 Å². The minimum atomic E-state index is -0.599. The first kappa shape index (κ1) is 20.9. The van der Waals surface area contributed by atoms with Crippen LogP contribution in [0.4, 0.5) is 5.69 Å². The van der Waals surface area contributed by atoms with E-state index in [1.807, 2.05) is 24.3 Å². The van der Waals surface area contributed by atoms with Crippen LogP contribution in [-0.2, 0) is 14.3 Å². The highest BCUT2D eigenvalue weighted by atomic mass is 79.9. The molecule has 1 amide bonds. The van der Waals surface area contributed by atoms with Gasteiger partial charge in [-0.25, -0.2) is 4.79 Å². The number of hydrogen-bond donors (Lipinski definition) is 1. The molecule has 29 heavy (non-hydrogen) atoms. The maximum atomic E-state index is 13.3. The number of anilines is 1. The van der Waals surface area contributed by atoms with Crippen molar-refractivity contribution in [2.75, 3.05) is 12.0 Å². The van der Waals surface area contributed by atoms with E-state index in [0.717, 1.165) is 10.0 Å². The third-order valence-corrected chi connectivity index (χ3v) is 5.39. The summed E-state index contributed by atoms with van der Waals surface area (Å²) in [5.74, 6) is -0.567. The predicted molar refractivity (Wildman–Crippen MR) is 117 cm³/mol. The molecular formula is C23H22BrNO4. The number of carbonyl (C=O) groups excluding carboxylic acids is 2. The number of phenols is 1. The summed E-state index contributed by atoms with van der Waals surface area (Å²) in [5.41, 5.74) is 3.10. The number of aromatic hydroxyl groups is 1. The molecule has 0 aromatic heterocycles. The summed E-state index contributed by atoms with van der Waals surface area (Å²) < 4.78 is 5.67. The van der Waals surface area contributed by atoms with Crippen LogP contribution in [-0.4, -0.2) is 24.1 Å². The average molecular weight is 456 g/mol. The third kappa shape index (κ3) is 3.98. The normalized spacial score (nSPS) is 15.6. The van der Waals surface area contributed by atoms with E-state index in [0.29, 0.717) is 22.9 Å². The Kier molecular flexibility index (Phi) is 5.94. The van der Waals surface area contributed by atoms with Crippen LogP contribution in [0.15, 0.2) is 63.8 Å². The molecule has 5 nitrogen and oxygen atoms in total. The quantitative estimate of drug-likeness (QED) is 0.510. The molecule has 1 aliphatic rings. The van der Waals surface area contributed by atoms with Crippen molar-refractivity contribution in [3.63, 3.8) is 0 Å². The van der Waals surface area contributed by atoms with Gasteiger partial charge in [0.2, 0.25) is 0 Å². The SMILES string of the molecule is COC(=O)C1=C(C)N(c2ccc(C(C)C)cc2)C(=O)/C1=C\c1cc(Br)ccc1O. The van der Waals surface area contributed by atoms with Gasteiger partial charge in [0.25, 0.3) is 5.91 Å². The van der Waals surface area contributed by atoms with Crippen LogP contribution in [0.5, 0.6) is 5.75 Å². The number of hydrogen-bond acceptors (Lipinski definition) is 4. The van der Waals surface area contributed by atoms with Crippen LogP contribution in [0, 0.1) is 0 Å². The van der Waals surface area contributed by atoms with E-state index in [1.165, 1.54) is 24.2 Å². The lowest BCUT2D eigenvalue weighted by molar-refractivity contribution is -0.136. The molecule has 1 N–H and O–H groups in total. The first-order chi connectivity index (χ1) is 13.7. The number of carbonyl (C=O) groups is 2. The van der Waals surface area contributed by atoms with Gasteiger partial charge in [0.05, 0.1) is 18.3 Å². The zero-order valence-corrected chi connectivity index (χ0v) is 18.3. The molecular weight excluding hydrogens is 434 g/mol. The number of phenolic OH excluding ortho intramolecular Hbond substituents is 1. The lowest BCUT2D eigenvalue weighted by atomic mass is 10.0. The van der Waals surface area contributed by atoms with Crippen molar-refractivity contribution in [1.82, 2.24) is 0 Å². The molecule has 0 radical (unpaired) electrons. The molecule has 0 aliphatic carbocycles. The van der Waals surface area contributed by atoms with Crippen LogP contribution >= 0.6 is 15.9 Å².